The van der Waals surface area contributed by atoms with Gasteiger partial charge in [0.1, 0.15) is 0 Å². The van der Waals surface area contributed by atoms with Crippen molar-refractivity contribution >= 4 is 11.7 Å². The van der Waals surface area contributed by atoms with Crippen molar-refractivity contribution in [3.05, 3.63) is 30.3 Å². The van der Waals surface area contributed by atoms with Gasteiger partial charge in [-0.25, -0.2) is 4.99 Å². The average Bonchev–Trinajstić information content (AvgIpc) is 2.19. The summed E-state index contributed by atoms with van der Waals surface area (Å²) in [5.74, 6) is 0. The van der Waals surface area contributed by atoms with Crippen molar-refractivity contribution in [1.29, 1.82) is 0 Å². The topological polar surface area (TPSA) is 24.7 Å². The molecule has 1 rings (SSSR count). The molecule has 0 heterocycles. The Balaban J connectivity index is 2.63. The highest BCUT2D eigenvalue weighted by Gasteiger charge is 1.89. The number of benzene rings is 1. The Morgan fingerprint density at radius 3 is 2.62 bits per heavy atom. The lowest BCUT2D eigenvalue weighted by Crippen LogP contribution is -1.91. The van der Waals surface area contributed by atoms with Crippen LogP contribution >= 0.6 is 0 Å². The van der Waals surface area contributed by atoms with Gasteiger partial charge in [-0.3, -0.25) is 0 Å². The fourth-order valence-corrected chi connectivity index (χ4v) is 0.779. The first-order chi connectivity index (χ1) is 6.33. The normalized spacial score (nSPS) is 11.5. The molecule has 1 aromatic rings. The maximum atomic E-state index is 4.12. The molecule has 0 bridgehead atoms. The largest absolute Gasteiger partial charge is 0.222 e. The molecular weight excluding hydrogens is 160 g/mol. The smallest absolute Gasteiger partial charge is 0.0951 e. The van der Waals surface area contributed by atoms with E-state index in [4.69, 9.17) is 0 Å². The van der Waals surface area contributed by atoms with E-state index in [0.29, 0.717) is 6.04 Å². The second-order valence-corrected chi connectivity index (χ2v) is 2.93. The van der Waals surface area contributed by atoms with Gasteiger partial charge < -0.3 is 0 Å². The highest BCUT2D eigenvalue weighted by molar-refractivity contribution is 5.52. The zero-order valence-electron chi connectivity index (χ0n) is 8.07. The van der Waals surface area contributed by atoms with E-state index in [-0.39, 0.29) is 0 Å². The Morgan fingerprint density at radius 1 is 1.31 bits per heavy atom. The van der Waals surface area contributed by atoms with Crippen LogP contribution in [0.5, 0.6) is 0 Å². The molecule has 1 atom stereocenters. The van der Waals surface area contributed by atoms with Crippen LogP contribution in [-0.2, 0) is 0 Å². The molecule has 0 amide bonds. The summed E-state index contributed by atoms with van der Waals surface area (Å²) in [6.45, 7) is 4.14. The molecule has 1 aromatic carbocycles. The van der Waals surface area contributed by atoms with Gasteiger partial charge in [0.05, 0.1) is 17.7 Å². The number of hydrogen-bond acceptors (Lipinski definition) is 2. The summed E-state index contributed by atoms with van der Waals surface area (Å²) < 4.78 is 0. The minimum absolute atomic E-state index is 0.312. The summed E-state index contributed by atoms with van der Waals surface area (Å²) in [7, 11) is 0. The van der Waals surface area contributed by atoms with Crippen LogP contribution in [0.25, 0.3) is 0 Å². The van der Waals surface area contributed by atoms with E-state index in [9.17, 15) is 0 Å². The summed E-state index contributed by atoms with van der Waals surface area (Å²) in [5, 5.41) is 0. The van der Waals surface area contributed by atoms with Crippen LogP contribution < -0.4 is 0 Å². The Morgan fingerprint density at radius 2 is 2.00 bits per heavy atom. The van der Waals surface area contributed by atoms with Gasteiger partial charge in [-0.05, 0) is 25.5 Å². The molecule has 0 N–H and O–H groups in total. The van der Waals surface area contributed by atoms with Crippen molar-refractivity contribution in [3.63, 3.8) is 0 Å². The molecule has 2 heteroatoms. The van der Waals surface area contributed by atoms with Crippen LogP contribution in [0.1, 0.15) is 20.3 Å². The highest BCUT2D eigenvalue weighted by Crippen LogP contribution is 2.07. The molecule has 0 fully saturated rings. The van der Waals surface area contributed by atoms with Crippen LogP contribution in [0.2, 0.25) is 0 Å². The SMILES string of the molecule is CCC(C)N=C=Nc1ccccc1. The van der Waals surface area contributed by atoms with Crippen molar-refractivity contribution in [3.8, 4) is 0 Å². The van der Waals surface area contributed by atoms with E-state index in [2.05, 4.69) is 22.9 Å². The molecule has 2 nitrogen and oxygen atoms in total. The Labute approximate surface area is 79.0 Å². The van der Waals surface area contributed by atoms with Crippen molar-refractivity contribution in [2.45, 2.75) is 26.3 Å². The molecular formula is C11H14N2. The zero-order valence-corrected chi connectivity index (χ0v) is 8.07. The standard InChI is InChI=1S/C11H14N2/c1-3-10(2)12-9-13-11-7-5-4-6-8-11/h4-8,10H,3H2,1-2H3. The van der Waals surface area contributed by atoms with Gasteiger partial charge in [0, 0.05) is 0 Å². The van der Waals surface area contributed by atoms with Crippen molar-refractivity contribution in [1.82, 2.24) is 0 Å². The molecule has 1 unspecified atom stereocenters. The third kappa shape index (κ3) is 3.68. The van der Waals surface area contributed by atoms with E-state index in [1.54, 1.807) is 0 Å². The molecule has 0 radical (unpaired) electrons. The van der Waals surface area contributed by atoms with Crippen LogP contribution in [0.15, 0.2) is 40.3 Å². The van der Waals surface area contributed by atoms with Crippen molar-refractivity contribution < 1.29 is 0 Å². The minimum atomic E-state index is 0.312. The number of rotatable bonds is 3. The molecule has 0 aromatic heterocycles. The summed E-state index contributed by atoms with van der Waals surface area (Å²) in [6, 6.07) is 12.7. The molecule has 0 aliphatic heterocycles. The van der Waals surface area contributed by atoms with Gasteiger partial charge in [0.25, 0.3) is 0 Å². The van der Waals surface area contributed by atoms with Gasteiger partial charge in [0.2, 0.25) is 0 Å². The van der Waals surface area contributed by atoms with Crippen LogP contribution in [0.3, 0.4) is 0 Å². The summed E-state index contributed by atoms with van der Waals surface area (Å²) in [4.78, 5) is 8.20. The fourth-order valence-electron chi connectivity index (χ4n) is 0.779. The average molecular weight is 174 g/mol. The second kappa shape index (κ2) is 5.28. The predicted molar refractivity (Wildman–Crippen MR) is 55.7 cm³/mol. The number of hydrogen-bond donors (Lipinski definition) is 0. The third-order valence-electron chi connectivity index (χ3n) is 1.80. The van der Waals surface area contributed by atoms with Crippen LogP contribution in [-0.4, -0.2) is 12.1 Å². The van der Waals surface area contributed by atoms with Gasteiger partial charge in [0.15, 0.2) is 0 Å². The number of para-hydroxylation sites is 1. The lowest BCUT2D eigenvalue weighted by Gasteiger charge is -1.94. The van der Waals surface area contributed by atoms with Crippen LogP contribution in [0.4, 0.5) is 5.69 Å². The molecule has 0 saturated heterocycles. The fraction of sp³-hybridized carbons (Fsp3) is 0.364. The summed E-state index contributed by atoms with van der Waals surface area (Å²) in [6.07, 6.45) is 1.03. The number of nitrogens with zero attached hydrogens (tertiary/aromatic N) is 2. The first-order valence-electron chi connectivity index (χ1n) is 4.53. The third-order valence-corrected chi connectivity index (χ3v) is 1.80. The van der Waals surface area contributed by atoms with Gasteiger partial charge >= 0.3 is 0 Å². The quantitative estimate of drug-likeness (QED) is 0.628. The van der Waals surface area contributed by atoms with Crippen molar-refractivity contribution in [2.75, 3.05) is 0 Å². The van der Waals surface area contributed by atoms with E-state index >= 15 is 0 Å². The molecule has 13 heavy (non-hydrogen) atoms. The van der Waals surface area contributed by atoms with E-state index in [1.165, 1.54) is 0 Å². The molecule has 0 spiro atoms. The van der Waals surface area contributed by atoms with Crippen molar-refractivity contribution in [2.24, 2.45) is 9.98 Å². The number of aliphatic imine (C=N–C) groups is 2. The van der Waals surface area contributed by atoms with E-state index < -0.39 is 0 Å². The lowest BCUT2D eigenvalue weighted by molar-refractivity contribution is 0.721. The highest BCUT2D eigenvalue weighted by atomic mass is 14.8. The Kier molecular flexibility index (Phi) is 3.94. The molecule has 0 aliphatic carbocycles. The molecule has 68 valence electrons. The summed E-state index contributed by atoms with van der Waals surface area (Å²) in [5.41, 5.74) is 0.898. The molecule has 0 aliphatic rings. The summed E-state index contributed by atoms with van der Waals surface area (Å²) >= 11 is 0. The van der Waals surface area contributed by atoms with Gasteiger partial charge in [-0.15, -0.1) is 0 Å². The van der Waals surface area contributed by atoms with Gasteiger partial charge in [-0.2, -0.15) is 4.99 Å². The first kappa shape index (κ1) is 9.69. The van der Waals surface area contributed by atoms with E-state index in [1.807, 2.05) is 37.3 Å². The second-order valence-electron chi connectivity index (χ2n) is 2.93. The molecule has 0 saturated carbocycles. The lowest BCUT2D eigenvalue weighted by atomic mass is 10.3. The first-order valence-corrected chi connectivity index (χ1v) is 4.53. The Bertz CT molecular complexity index is 297. The zero-order chi connectivity index (χ0) is 9.52. The maximum Gasteiger partial charge on any atom is 0.0951 e. The van der Waals surface area contributed by atoms with Gasteiger partial charge in [-0.1, -0.05) is 25.1 Å². The van der Waals surface area contributed by atoms with Crippen LogP contribution in [0, 0.1) is 0 Å². The minimum Gasteiger partial charge on any atom is -0.222 e. The Hall–Kier alpha value is -1.40. The van der Waals surface area contributed by atoms with E-state index in [0.717, 1.165) is 12.1 Å². The predicted octanol–water partition coefficient (Wildman–Crippen LogP) is 3.29. The monoisotopic (exact) mass is 174 g/mol. The maximum absolute atomic E-state index is 4.12.